The topological polar surface area (TPSA) is 46.5 Å². The molecule has 0 aliphatic heterocycles. The maximum absolute atomic E-state index is 10.7. The number of benzene rings is 1. The highest BCUT2D eigenvalue weighted by Gasteiger charge is 2.16. The molecule has 4 heteroatoms. The van der Waals surface area contributed by atoms with Crippen LogP contribution in [0, 0.1) is 6.92 Å². The molecule has 1 aromatic carbocycles. The van der Waals surface area contributed by atoms with Crippen molar-refractivity contribution in [1.82, 2.24) is 0 Å². The Morgan fingerprint density at radius 2 is 2.27 bits per heavy atom. The lowest BCUT2D eigenvalue weighted by molar-refractivity contribution is -0.148. The van der Waals surface area contributed by atoms with Gasteiger partial charge in [0.1, 0.15) is 0 Å². The van der Waals surface area contributed by atoms with E-state index in [1.165, 1.54) is 7.11 Å². The minimum Gasteiger partial charge on any atom is -0.479 e. The average molecular weight is 229 g/mol. The zero-order valence-electron chi connectivity index (χ0n) is 8.66. The van der Waals surface area contributed by atoms with Gasteiger partial charge in [-0.15, -0.1) is 0 Å². The molecule has 0 saturated heterocycles. The van der Waals surface area contributed by atoms with Gasteiger partial charge in [0, 0.05) is 18.6 Å². The number of rotatable bonds is 4. The summed E-state index contributed by atoms with van der Waals surface area (Å²) in [6.45, 7) is 1.90. The summed E-state index contributed by atoms with van der Waals surface area (Å²) >= 11 is 5.93. The Labute approximate surface area is 93.6 Å². The summed E-state index contributed by atoms with van der Waals surface area (Å²) in [5.74, 6) is -0.964. The second kappa shape index (κ2) is 5.14. The number of halogens is 1. The van der Waals surface area contributed by atoms with Gasteiger partial charge in [0.05, 0.1) is 0 Å². The molecule has 0 bridgehead atoms. The van der Waals surface area contributed by atoms with Crippen molar-refractivity contribution in [1.29, 1.82) is 0 Å². The number of aryl methyl sites for hydroxylation is 1. The lowest BCUT2D eigenvalue weighted by atomic mass is 10.1. The van der Waals surface area contributed by atoms with Crippen molar-refractivity contribution in [3.05, 3.63) is 34.3 Å². The summed E-state index contributed by atoms with van der Waals surface area (Å²) in [5, 5.41) is 9.45. The van der Waals surface area contributed by atoms with Crippen LogP contribution in [0.4, 0.5) is 0 Å². The van der Waals surface area contributed by atoms with Crippen LogP contribution in [0.3, 0.4) is 0 Å². The zero-order valence-corrected chi connectivity index (χ0v) is 9.41. The molecule has 1 atom stereocenters. The molecule has 1 aromatic rings. The molecule has 3 nitrogen and oxygen atoms in total. The molecule has 0 amide bonds. The Kier molecular flexibility index (Phi) is 4.12. The van der Waals surface area contributed by atoms with E-state index >= 15 is 0 Å². The summed E-state index contributed by atoms with van der Waals surface area (Å²) in [7, 11) is 1.38. The first-order valence-electron chi connectivity index (χ1n) is 4.55. The van der Waals surface area contributed by atoms with Crippen LogP contribution in [-0.4, -0.2) is 24.3 Å². The highest BCUT2D eigenvalue weighted by atomic mass is 35.5. The second-order valence-corrected chi connectivity index (χ2v) is 3.76. The van der Waals surface area contributed by atoms with E-state index in [0.717, 1.165) is 11.1 Å². The van der Waals surface area contributed by atoms with E-state index in [1.807, 2.05) is 19.1 Å². The Morgan fingerprint density at radius 3 is 2.73 bits per heavy atom. The molecule has 0 saturated carbocycles. The third-order valence-electron chi connectivity index (χ3n) is 2.22. The third kappa shape index (κ3) is 3.22. The van der Waals surface area contributed by atoms with Crippen LogP contribution in [-0.2, 0) is 16.0 Å². The van der Waals surface area contributed by atoms with Gasteiger partial charge in [-0.2, -0.15) is 0 Å². The number of carboxylic acid groups (broad SMARTS) is 1. The van der Waals surface area contributed by atoms with Gasteiger partial charge in [-0.05, 0) is 24.1 Å². The molecule has 82 valence electrons. The molecular formula is C11H13ClO3. The fourth-order valence-corrected chi connectivity index (χ4v) is 1.45. The predicted molar refractivity (Wildman–Crippen MR) is 58.3 cm³/mol. The Bertz CT molecular complexity index is 363. The van der Waals surface area contributed by atoms with Crippen molar-refractivity contribution in [3.8, 4) is 0 Å². The van der Waals surface area contributed by atoms with Gasteiger partial charge < -0.3 is 9.84 Å². The normalized spacial score (nSPS) is 12.5. The molecule has 0 fully saturated rings. The first kappa shape index (κ1) is 12.0. The van der Waals surface area contributed by atoms with E-state index in [0.29, 0.717) is 11.4 Å². The summed E-state index contributed by atoms with van der Waals surface area (Å²) in [4.78, 5) is 10.7. The Hall–Kier alpha value is -1.06. The predicted octanol–water partition coefficient (Wildman–Crippen LogP) is 2.29. The van der Waals surface area contributed by atoms with Crippen LogP contribution in [0.5, 0.6) is 0 Å². The lowest BCUT2D eigenvalue weighted by Crippen LogP contribution is -2.24. The van der Waals surface area contributed by atoms with Gasteiger partial charge in [-0.1, -0.05) is 23.7 Å². The highest BCUT2D eigenvalue weighted by Crippen LogP contribution is 2.18. The largest absolute Gasteiger partial charge is 0.479 e. The van der Waals surface area contributed by atoms with Gasteiger partial charge in [0.15, 0.2) is 6.10 Å². The van der Waals surface area contributed by atoms with E-state index in [1.54, 1.807) is 6.07 Å². The number of aliphatic carboxylic acids is 1. The number of hydrogen-bond acceptors (Lipinski definition) is 2. The molecule has 0 spiro atoms. The van der Waals surface area contributed by atoms with Gasteiger partial charge in [-0.25, -0.2) is 4.79 Å². The van der Waals surface area contributed by atoms with Crippen molar-refractivity contribution in [2.45, 2.75) is 19.4 Å². The molecule has 1 unspecified atom stereocenters. The smallest absolute Gasteiger partial charge is 0.333 e. The van der Waals surface area contributed by atoms with Gasteiger partial charge in [0.25, 0.3) is 0 Å². The van der Waals surface area contributed by atoms with Crippen LogP contribution in [0.2, 0.25) is 5.02 Å². The molecule has 15 heavy (non-hydrogen) atoms. The van der Waals surface area contributed by atoms with E-state index in [4.69, 9.17) is 21.4 Å². The summed E-state index contributed by atoms with van der Waals surface area (Å²) in [6, 6.07) is 5.49. The number of carbonyl (C=O) groups is 1. The fraction of sp³-hybridized carbons (Fsp3) is 0.364. The third-order valence-corrected chi connectivity index (χ3v) is 2.62. The van der Waals surface area contributed by atoms with Crippen molar-refractivity contribution in [3.63, 3.8) is 0 Å². The molecule has 1 rings (SSSR count). The van der Waals surface area contributed by atoms with Crippen LogP contribution in [0.1, 0.15) is 11.1 Å². The van der Waals surface area contributed by atoms with Crippen molar-refractivity contribution in [2.75, 3.05) is 7.11 Å². The summed E-state index contributed by atoms with van der Waals surface area (Å²) in [5.41, 5.74) is 1.84. The molecule has 0 heterocycles. The second-order valence-electron chi connectivity index (χ2n) is 3.35. The van der Waals surface area contributed by atoms with Crippen LogP contribution >= 0.6 is 11.6 Å². The number of hydrogen-bond donors (Lipinski definition) is 1. The van der Waals surface area contributed by atoms with Gasteiger partial charge >= 0.3 is 5.97 Å². The first-order valence-corrected chi connectivity index (χ1v) is 4.93. The Morgan fingerprint density at radius 1 is 1.60 bits per heavy atom. The maximum atomic E-state index is 10.7. The minimum absolute atomic E-state index is 0.325. The van der Waals surface area contributed by atoms with E-state index < -0.39 is 12.1 Å². The Balaban J connectivity index is 2.80. The summed E-state index contributed by atoms with van der Waals surface area (Å²) < 4.78 is 4.84. The van der Waals surface area contributed by atoms with Crippen molar-refractivity contribution in [2.24, 2.45) is 0 Å². The summed E-state index contributed by atoms with van der Waals surface area (Å²) in [6.07, 6.45) is -0.491. The van der Waals surface area contributed by atoms with Crippen molar-refractivity contribution < 1.29 is 14.6 Å². The molecule has 0 aromatic heterocycles. The maximum Gasteiger partial charge on any atom is 0.333 e. The van der Waals surface area contributed by atoms with E-state index in [-0.39, 0.29) is 0 Å². The fourth-order valence-electron chi connectivity index (χ4n) is 1.25. The standard InChI is InChI=1S/C11H13ClO3/c1-7-3-4-8(5-9(7)12)6-10(15-2)11(13)14/h3-5,10H,6H2,1-2H3,(H,13,14). The van der Waals surface area contributed by atoms with Crippen molar-refractivity contribution >= 4 is 17.6 Å². The highest BCUT2D eigenvalue weighted by molar-refractivity contribution is 6.31. The first-order chi connectivity index (χ1) is 7.04. The number of methoxy groups -OCH3 is 1. The average Bonchev–Trinajstić information content (AvgIpc) is 2.19. The molecular weight excluding hydrogens is 216 g/mol. The zero-order chi connectivity index (χ0) is 11.4. The van der Waals surface area contributed by atoms with Crippen LogP contribution in [0.25, 0.3) is 0 Å². The van der Waals surface area contributed by atoms with E-state index in [2.05, 4.69) is 0 Å². The number of carboxylic acids is 1. The monoisotopic (exact) mass is 228 g/mol. The molecule has 1 N–H and O–H groups in total. The molecule has 0 aliphatic rings. The number of ether oxygens (including phenoxy) is 1. The van der Waals surface area contributed by atoms with Crippen LogP contribution in [0.15, 0.2) is 18.2 Å². The lowest BCUT2D eigenvalue weighted by Gasteiger charge is -2.10. The van der Waals surface area contributed by atoms with E-state index in [9.17, 15) is 4.79 Å². The van der Waals surface area contributed by atoms with Gasteiger partial charge in [0.2, 0.25) is 0 Å². The quantitative estimate of drug-likeness (QED) is 0.860. The SMILES string of the molecule is COC(Cc1ccc(C)c(Cl)c1)C(=O)O. The molecule has 0 aliphatic carbocycles. The van der Waals surface area contributed by atoms with Gasteiger partial charge in [-0.3, -0.25) is 0 Å². The van der Waals surface area contributed by atoms with Crippen LogP contribution < -0.4 is 0 Å². The molecule has 0 radical (unpaired) electrons. The minimum atomic E-state index is -0.964.